The Hall–Kier alpha value is -2.05. The van der Waals surface area contributed by atoms with E-state index in [4.69, 9.17) is 0 Å². The SMILES string of the molecule is O=C(NC1CCCC1)[C@@H]1CC(=O)N(c2cccc(C(F)(F)F)c2)C1. The second-order valence-electron chi connectivity index (χ2n) is 6.44. The van der Waals surface area contributed by atoms with E-state index in [0.29, 0.717) is 0 Å². The normalized spacial score (nSPS) is 22.2. The van der Waals surface area contributed by atoms with Crippen LogP contribution in [0.3, 0.4) is 0 Å². The quantitative estimate of drug-likeness (QED) is 0.919. The Morgan fingerprint density at radius 3 is 2.58 bits per heavy atom. The van der Waals surface area contributed by atoms with Crippen molar-refractivity contribution in [3.05, 3.63) is 29.8 Å². The van der Waals surface area contributed by atoms with E-state index in [1.165, 1.54) is 17.0 Å². The van der Waals surface area contributed by atoms with Crippen LogP contribution in [0.15, 0.2) is 24.3 Å². The summed E-state index contributed by atoms with van der Waals surface area (Å²) in [6.45, 7) is 0.124. The Bertz CT molecular complexity index is 639. The van der Waals surface area contributed by atoms with Crippen molar-refractivity contribution in [2.24, 2.45) is 5.92 Å². The van der Waals surface area contributed by atoms with E-state index < -0.39 is 17.7 Å². The highest BCUT2D eigenvalue weighted by Crippen LogP contribution is 2.33. The van der Waals surface area contributed by atoms with Gasteiger partial charge in [-0.1, -0.05) is 18.9 Å². The molecular formula is C17H19F3N2O2. The van der Waals surface area contributed by atoms with Gasteiger partial charge in [0.05, 0.1) is 11.5 Å². The fourth-order valence-corrected chi connectivity index (χ4v) is 3.37. The minimum absolute atomic E-state index is 0.0365. The molecule has 1 aromatic carbocycles. The van der Waals surface area contributed by atoms with Crippen molar-refractivity contribution >= 4 is 17.5 Å². The lowest BCUT2D eigenvalue weighted by atomic mass is 10.1. The summed E-state index contributed by atoms with van der Waals surface area (Å²) >= 11 is 0. The molecule has 7 heteroatoms. The predicted octanol–water partition coefficient (Wildman–Crippen LogP) is 3.12. The second kappa shape index (κ2) is 6.45. The molecule has 0 unspecified atom stereocenters. The zero-order chi connectivity index (χ0) is 17.3. The zero-order valence-electron chi connectivity index (χ0n) is 13.1. The van der Waals surface area contributed by atoms with Gasteiger partial charge < -0.3 is 10.2 Å². The van der Waals surface area contributed by atoms with Gasteiger partial charge in [-0.2, -0.15) is 13.2 Å². The van der Waals surface area contributed by atoms with Gasteiger partial charge in [-0.15, -0.1) is 0 Å². The van der Waals surface area contributed by atoms with E-state index >= 15 is 0 Å². The van der Waals surface area contributed by atoms with Crippen LogP contribution in [-0.4, -0.2) is 24.4 Å². The van der Waals surface area contributed by atoms with E-state index in [-0.39, 0.29) is 36.5 Å². The topological polar surface area (TPSA) is 49.4 Å². The fourth-order valence-electron chi connectivity index (χ4n) is 3.37. The summed E-state index contributed by atoms with van der Waals surface area (Å²) in [6, 6.07) is 4.82. The maximum absolute atomic E-state index is 12.8. The Labute approximate surface area is 138 Å². The van der Waals surface area contributed by atoms with Crippen molar-refractivity contribution in [3.63, 3.8) is 0 Å². The van der Waals surface area contributed by atoms with Crippen LogP contribution in [0.1, 0.15) is 37.7 Å². The molecule has 1 atom stereocenters. The van der Waals surface area contributed by atoms with Gasteiger partial charge in [0.25, 0.3) is 0 Å². The Morgan fingerprint density at radius 2 is 1.92 bits per heavy atom. The molecule has 24 heavy (non-hydrogen) atoms. The smallest absolute Gasteiger partial charge is 0.353 e. The summed E-state index contributed by atoms with van der Waals surface area (Å²) in [4.78, 5) is 25.7. The third kappa shape index (κ3) is 3.55. The molecule has 1 saturated carbocycles. The molecule has 1 aliphatic heterocycles. The molecule has 0 spiro atoms. The van der Waals surface area contributed by atoms with Crippen molar-refractivity contribution in [3.8, 4) is 0 Å². The first kappa shape index (κ1) is 16.8. The number of anilines is 1. The van der Waals surface area contributed by atoms with Crippen LogP contribution in [0.5, 0.6) is 0 Å². The first-order chi connectivity index (χ1) is 11.3. The average Bonchev–Trinajstić information content (AvgIpc) is 3.16. The van der Waals surface area contributed by atoms with Crippen molar-refractivity contribution in [1.29, 1.82) is 0 Å². The monoisotopic (exact) mass is 340 g/mol. The largest absolute Gasteiger partial charge is 0.416 e. The van der Waals surface area contributed by atoms with Crippen LogP contribution < -0.4 is 10.2 Å². The number of nitrogens with one attached hydrogen (secondary N) is 1. The van der Waals surface area contributed by atoms with E-state index in [9.17, 15) is 22.8 Å². The Balaban J connectivity index is 1.69. The standard InChI is InChI=1S/C17H19F3N2O2/c18-17(19,20)12-4-3-7-14(9-12)22-10-11(8-15(22)23)16(24)21-13-5-1-2-6-13/h3-4,7,9,11,13H,1-2,5-6,8,10H2,(H,21,24)/t11-/m1/s1. The fraction of sp³-hybridized carbons (Fsp3) is 0.529. The van der Waals surface area contributed by atoms with E-state index in [2.05, 4.69) is 5.32 Å². The predicted molar refractivity (Wildman–Crippen MR) is 82.3 cm³/mol. The first-order valence-electron chi connectivity index (χ1n) is 8.12. The minimum Gasteiger partial charge on any atom is -0.353 e. The molecule has 1 saturated heterocycles. The number of hydrogen-bond acceptors (Lipinski definition) is 2. The number of nitrogens with zero attached hydrogens (tertiary/aromatic N) is 1. The van der Waals surface area contributed by atoms with Crippen LogP contribution in [0.2, 0.25) is 0 Å². The summed E-state index contributed by atoms with van der Waals surface area (Å²) in [5, 5.41) is 2.95. The third-order valence-corrected chi connectivity index (χ3v) is 4.68. The molecule has 0 bridgehead atoms. The van der Waals surface area contributed by atoms with Crippen molar-refractivity contribution < 1.29 is 22.8 Å². The molecule has 0 aromatic heterocycles. The Kier molecular flexibility index (Phi) is 4.51. The zero-order valence-corrected chi connectivity index (χ0v) is 13.1. The number of alkyl halides is 3. The highest BCUT2D eigenvalue weighted by Gasteiger charge is 2.37. The summed E-state index contributed by atoms with van der Waals surface area (Å²) in [5.41, 5.74) is -0.613. The van der Waals surface area contributed by atoms with Gasteiger partial charge in [0.15, 0.2) is 0 Å². The number of amides is 2. The number of hydrogen-bond donors (Lipinski definition) is 1. The molecule has 4 nitrogen and oxygen atoms in total. The summed E-state index contributed by atoms with van der Waals surface area (Å²) < 4.78 is 38.4. The summed E-state index contributed by atoms with van der Waals surface area (Å²) in [7, 11) is 0. The van der Waals surface area contributed by atoms with Gasteiger partial charge in [0.1, 0.15) is 0 Å². The molecule has 130 valence electrons. The maximum atomic E-state index is 12.8. The van der Waals surface area contributed by atoms with Gasteiger partial charge in [-0.3, -0.25) is 9.59 Å². The molecule has 2 aliphatic rings. The molecule has 3 rings (SSSR count). The lowest BCUT2D eigenvalue weighted by molar-refractivity contribution is -0.137. The van der Waals surface area contributed by atoms with Crippen molar-refractivity contribution in [1.82, 2.24) is 5.32 Å². The van der Waals surface area contributed by atoms with Gasteiger partial charge in [-0.25, -0.2) is 0 Å². The van der Waals surface area contributed by atoms with E-state index in [1.807, 2.05) is 0 Å². The van der Waals surface area contributed by atoms with E-state index in [0.717, 1.165) is 37.8 Å². The van der Waals surface area contributed by atoms with Crippen LogP contribution in [0.4, 0.5) is 18.9 Å². The van der Waals surface area contributed by atoms with Crippen molar-refractivity contribution in [2.75, 3.05) is 11.4 Å². The lowest BCUT2D eigenvalue weighted by Gasteiger charge is -2.19. The summed E-state index contributed by atoms with van der Waals surface area (Å²) in [5.74, 6) is -1.00. The molecule has 1 N–H and O–H groups in total. The molecule has 0 radical (unpaired) electrons. The maximum Gasteiger partial charge on any atom is 0.416 e. The average molecular weight is 340 g/mol. The molecule has 1 aliphatic carbocycles. The molecule has 1 aromatic rings. The number of benzene rings is 1. The Morgan fingerprint density at radius 1 is 1.21 bits per heavy atom. The van der Waals surface area contributed by atoms with Crippen LogP contribution in [0.25, 0.3) is 0 Å². The molecular weight excluding hydrogens is 321 g/mol. The minimum atomic E-state index is -4.46. The number of halogens is 3. The number of carbonyl (C=O) groups excluding carboxylic acids is 2. The van der Waals surface area contributed by atoms with Gasteiger partial charge in [0.2, 0.25) is 11.8 Å². The second-order valence-corrected chi connectivity index (χ2v) is 6.44. The highest BCUT2D eigenvalue weighted by atomic mass is 19.4. The van der Waals surface area contributed by atoms with Gasteiger partial charge in [-0.05, 0) is 31.0 Å². The first-order valence-corrected chi connectivity index (χ1v) is 8.12. The number of carbonyl (C=O) groups is 2. The molecule has 1 heterocycles. The lowest BCUT2D eigenvalue weighted by Crippen LogP contribution is -2.38. The number of rotatable bonds is 3. The molecule has 2 amide bonds. The van der Waals surface area contributed by atoms with Crippen LogP contribution in [-0.2, 0) is 15.8 Å². The van der Waals surface area contributed by atoms with Gasteiger partial charge >= 0.3 is 6.18 Å². The third-order valence-electron chi connectivity index (χ3n) is 4.68. The van der Waals surface area contributed by atoms with Crippen LogP contribution >= 0.6 is 0 Å². The summed E-state index contributed by atoms with van der Waals surface area (Å²) in [6.07, 6.45) is -0.351. The van der Waals surface area contributed by atoms with E-state index in [1.54, 1.807) is 0 Å². The van der Waals surface area contributed by atoms with Gasteiger partial charge in [0, 0.05) is 24.7 Å². The van der Waals surface area contributed by atoms with Crippen molar-refractivity contribution in [2.45, 2.75) is 44.3 Å². The molecule has 2 fully saturated rings. The highest BCUT2D eigenvalue weighted by molar-refractivity contribution is 6.00. The van der Waals surface area contributed by atoms with Crippen LogP contribution in [0, 0.1) is 5.92 Å².